The second-order valence-electron chi connectivity index (χ2n) is 1.94. The Morgan fingerprint density at radius 1 is 1.64 bits per heavy atom. The summed E-state index contributed by atoms with van der Waals surface area (Å²) in [7, 11) is 1.49. The standard InChI is InChI=1S/C6H11NO3S/c1-7-6(10)4(11-2)3-5(8)9/h4H,3H2,1-2H3,(H,7,10)(H,8,9)/t4-/m1/s1. The Morgan fingerprint density at radius 2 is 2.18 bits per heavy atom. The van der Waals surface area contributed by atoms with Gasteiger partial charge in [0.2, 0.25) is 5.91 Å². The van der Waals surface area contributed by atoms with Gasteiger partial charge in [-0.1, -0.05) is 0 Å². The van der Waals surface area contributed by atoms with Gasteiger partial charge >= 0.3 is 5.97 Å². The van der Waals surface area contributed by atoms with Crippen LogP contribution in [-0.4, -0.2) is 35.5 Å². The topological polar surface area (TPSA) is 66.4 Å². The van der Waals surface area contributed by atoms with Gasteiger partial charge in [-0.3, -0.25) is 9.59 Å². The van der Waals surface area contributed by atoms with Crippen LogP contribution in [0, 0.1) is 0 Å². The Hall–Kier alpha value is -0.710. The van der Waals surface area contributed by atoms with Crippen LogP contribution in [-0.2, 0) is 9.59 Å². The van der Waals surface area contributed by atoms with E-state index in [-0.39, 0.29) is 12.3 Å². The van der Waals surface area contributed by atoms with Crippen molar-refractivity contribution in [3.8, 4) is 0 Å². The van der Waals surface area contributed by atoms with Crippen LogP contribution in [0.25, 0.3) is 0 Å². The van der Waals surface area contributed by atoms with E-state index in [1.165, 1.54) is 18.8 Å². The minimum absolute atomic E-state index is 0.124. The molecular formula is C6H11NO3S. The maximum Gasteiger partial charge on any atom is 0.305 e. The van der Waals surface area contributed by atoms with Crippen LogP contribution in [0.15, 0.2) is 0 Å². The van der Waals surface area contributed by atoms with Crippen molar-refractivity contribution in [2.45, 2.75) is 11.7 Å². The van der Waals surface area contributed by atoms with Crippen molar-refractivity contribution in [2.24, 2.45) is 0 Å². The summed E-state index contributed by atoms with van der Waals surface area (Å²) in [5.74, 6) is -1.19. The average molecular weight is 177 g/mol. The third-order valence-electron chi connectivity index (χ3n) is 1.18. The van der Waals surface area contributed by atoms with Gasteiger partial charge < -0.3 is 10.4 Å². The van der Waals surface area contributed by atoms with Crippen LogP contribution < -0.4 is 5.32 Å². The summed E-state index contributed by atoms with van der Waals surface area (Å²) in [6.45, 7) is 0. The molecule has 0 bridgehead atoms. The van der Waals surface area contributed by atoms with E-state index in [2.05, 4.69) is 5.32 Å². The molecule has 2 N–H and O–H groups in total. The van der Waals surface area contributed by atoms with E-state index in [9.17, 15) is 9.59 Å². The lowest BCUT2D eigenvalue weighted by Crippen LogP contribution is -2.31. The molecule has 0 rings (SSSR count). The average Bonchev–Trinajstić information content (AvgIpc) is 1.98. The third kappa shape index (κ3) is 3.87. The van der Waals surface area contributed by atoms with E-state index >= 15 is 0 Å². The minimum atomic E-state index is -0.951. The lowest BCUT2D eigenvalue weighted by atomic mass is 10.3. The minimum Gasteiger partial charge on any atom is -0.481 e. The van der Waals surface area contributed by atoms with Gasteiger partial charge in [0.1, 0.15) is 0 Å². The fourth-order valence-electron chi connectivity index (χ4n) is 0.603. The molecule has 0 radical (unpaired) electrons. The molecule has 0 aromatic carbocycles. The van der Waals surface area contributed by atoms with Gasteiger partial charge in [0, 0.05) is 7.05 Å². The number of rotatable bonds is 4. The molecule has 0 saturated carbocycles. The second kappa shape index (κ2) is 5.01. The van der Waals surface area contributed by atoms with Crippen LogP contribution in [0.5, 0.6) is 0 Å². The zero-order valence-corrected chi connectivity index (χ0v) is 7.27. The molecule has 0 spiro atoms. The summed E-state index contributed by atoms with van der Waals surface area (Å²) < 4.78 is 0. The highest BCUT2D eigenvalue weighted by molar-refractivity contribution is 7.99. The fourth-order valence-corrected chi connectivity index (χ4v) is 1.24. The summed E-state index contributed by atoms with van der Waals surface area (Å²) in [6, 6.07) is 0. The highest BCUT2D eigenvalue weighted by Gasteiger charge is 2.18. The Bertz CT molecular complexity index is 160. The summed E-state index contributed by atoms with van der Waals surface area (Å²) in [5, 5.41) is 10.3. The van der Waals surface area contributed by atoms with Crippen molar-refractivity contribution < 1.29 is 14.7 Å². The lowest BCUT2D eigenvalue weighted by Gasteiger charge is -2.08. The van der Waals surface area contributed by atoms with Crippen molar-refractivity contribution in [3.05, 3.63) is 0 Å². The SMILES string of the molecule is CNC(=O)[C@@H](CC(=O)O)SC. The Morgan fingerprint density at radius 3 is 2.45 bits per heavy atom. The number of thioether (sulfide) groups is 1. The highest BCUT2D eigenvalue weighted by Crippen LogP contribution is 2.10. The van der Waals surface area contributed by atoms with E-state index in [1.54, 1.807) is 6.26 Å². The number of nitrogens with one attached hydrogen (secondary N) is 1. The summed E-state index contributed by atoms with van der Waals surface area (Å²) in [5.41, 5.74) is 0. The van der Waals surface area contributed by atoms with Gasteiger partial charge in [0.15, 0.2) is 0 Å². The first kappa shape index (κ1) is 10.3. The number of carboxylic acids is 1. The van der Waals surface area contributed by atoms with Crippen LogP contribution in [0.1, 0.15) is 6.42 Å². The largest absolute Gasteiger partial charge is 0.481 e. The Balaban J connectivity index is 3.94. The monoisotopic (exact) mass is 177 g/mol. The van der Waals surface area contributed by atoms with Gasteiger partial charge in [-0.2, -0.15) is 11.8 Å². The van der Waals surface area contributed by atoms with Crippen molar-refractivity contribution in [1.29, 1.82) is 0 Å². The van der Waals surface area contributed by atoms with Gasteiger partial charge in [-0.25, -0.2) is 0 Å². The van der Waals surface area contributed by atoms with Crippen molar-refractivity contribution >= 4 is 23.6 Å². The number of amides is 1. The van der Waals surface area contributed by atoms with Crippen LogP contribution in [0.3, 0.4) is 0 Å². The first-order valence-corrected chi connectivity index (χ1v) is 4.36. The molecule has 0 aromatic heterocycles. The molecule has 0 aliphatic rings. The zero-order valence-electron chi connectivity index (χ0n) is 6.46. The summed E-state index contributed by atoms with van der Waals surface area (Å²) in [4.78, 5) is 21.1. The van der Waals surface area contributed by atoms with Gasteiger partial charge in [0.25, 0.3) is 0 Å². The number of carboxylic acid groups (broad SMARTS) is 1. The van der Waals surface area contributed by atoms with Crippen LogP contribution in [0.2, 0.25) is 0 Å². The number of hydrogen-bond acceptors (Lipinski definition) is 3. The molecule has 1 amide bonds. The van der Waals surface area contributed by atoms with Crippen molar-refractivity contribution in [3.63, 3.8) is 0 Å². The number of carbonyl (C=O) groups is 2. The molecule has 0 aromatic rings. The number of aliphatic carboxylic acids is 1. The molecule has 0 aliphatic carbocycles. The maximum absolute atomic E-state index is 10.9. The molecular weight excluding hydrogens is 166 g/mol. The fraction of sp³-hybridized carbons (Fsp3) is 0.667. The lowest BCUT2D eigenvalue weighted by molar-refractivity contribution is -0.138. The number of hydrogen-bond donors (Lipinski definition) is 2. The van der Waals surface area contributed by atoms with E-state index in [1.807, 2.05) is 0 Å². The molecule has 0 fully saturated rings. The van der Waals surface area contributed by atoms with Crippen molar-refractivity contribution in [2.75, 3.05) is 13.3 Å². The molecule has 1 atom stereocenters. The van der Waals surface area contributed by atoms with Gasteiger partial charge in [-0.15, -0.1) is 0 Å². The first-order valence-electron chi connectivity index (χ1n) is 3.08. The molecule has 64 valence electrons. The maximum atomic E-state index is 10.9. The summed E-state index contributed by atoms with van der Waals surface area (Å²) in [6.07, 6.45) is 1.59. The quantitative estimate of drug-likeness (QED) is 0.631. The van der Waals surface area contributed by atoms with E-state index in [4.69, 9.17) is 5.11 Å². The van der Waals surface area contributed by atoms with E-state index < -0.39 is 11.2 Å². The Kier molecular flexibility index (Phi) is 4.69. The predicted molar refractivity (Wildman–Crippen MR) is 43.6 cm³/mol. The Labute approximate surface area is 69.4 Å². The molecule has 4 nitrogen and oxygen atoms in total. The van der Waals surface area contributed by atoms with Crippen molar-refractivity contribution in [1.82, 2.24) is 5.32 Å². The van der Waals surface area contributed by atoms with Crippen LogP contribution in [0.4, 0.5) is 0 Å². The molecule has 5 heteroatoms. The normalized spacial score (nSPS) is 12.2. The third-order valence-corrected chi connectivity index (χ3v) is 2.13. The van der Waals surface area contributed by atoms with Crippen LogP contribution >= 0.6 is 11.8 Å². The smallest absolute Gasteiger partial charge is 0.305 e. The molecule has 0 unspecified atom stereocenters. The highest BCUT2D eigenvalue weighted by atomic mass is 32.2. The molecule has 0 heterocycles. The molecule has 0 saturated heterocycles. The van der Waals surface area contributed by atoms with E-state index in [0.717, 1.165) is 0 Å². The first-order chi connectivity index (χ1) is 5.11. The second-order valence-corrected chi connectivity index (χ2v) is 2.98. The molecule has 11 heavy (non-hydrogen) atoms. The van der Waals surface area contributed by atoms with Gasteiger partial charge in [0.05, 0.1) is 11.7 Å². The predicted octanol–water partition coefficient (Wildman–Crippen LogP) is -0.0613. The summed E-state index contributed by atoms with van der Waals surface area (Å²) >= 11 is 1.24. The molecule has 0 aliphatic heterocycles. The zero-order chi connectivity index (χ0) is 8.85. The number of carbonyl (C=O) groups excluding carboxylic acids is 1. The van der Waals surface area contributed by atoms with E-state index in [0.29, 0.717) is 0 Å². The van der Waals surface area contributed by atoms with Gasteiger partial charge in [-0.05, 0) is 6.26 Å².